The van der Waals surface area contributed by atoms with Gasteiger partial charge in [0, 0.05) is 4.88 Å². The Hall–Kier alpha value is -1.38. The molecule has 0 aromatic carbocycles. The smallest absolute Gasteiger partial charge is 0.239 e. The molecule has 5 heteroatoms. The molecule has 1 fully saturated rings. The fourth-order valence-corrected chi connectivity index (χ4v) is 5.41. The van der Waals surface area contributed by atoms with E-state index in [2.05, 4.69) is 44.0 Å². The fourth-order valence-electron chi connectivity index (χ4n) is 4.12. The van der Waals surface area contributed by atoms with Gasteiger partial charge < -0.3 is 5.32 Å². The van der Waals surface area contributed by atoms with E-state index < -0.39 is 0 Å². The number of nitrogens with one attached hydrogen (secondary N) is 1. The van der Waals surface area contributed by atoms with Crippen LogP contribution in [0.15, 0.2) is 0 Å². The number of likely N-dealkylation sites (tertiary alicyclic amines) is 1. The van der Waals surface area contributed by atoms with Gasteiger partial charge in [0.2, 0.25) is 5.91 Å². The molecule has 2 heterocycles. The third kappa shape index (κ3) is 4.29. The highest BCUT2D eigenvalue weighted by Gasteiger charge is 2.32. The third-order valence-corrected chi connectivity index (χ3v) is 7.27. The van der Waals surface area contributed by atoms with Gasteiger partial charge in [-0.05, 0) is 68.0 Å². The van der Waals surface area contributed by atoms with Crippen molar-refractivity contribution in [1.82, 2.24) is 4.90 Å². The van der Waals surface area contributed by atoms with Crippen LogP contribution in [-0.2, 0) is 17.6 Å². The van der Waals surface area contributed by atoms with Gasteiger partial charge in [-0.1, -0.05) is 27.7 Å². The quantitative estimate of drug-likeness (QED) is 0.852. The van der Waals surface area contributed by atoms with Crippen LogP contribution in [0.2, 0.25) is 0 Å². The Bertz CT molecular complexity index is 702. The molecule has 4 nitrogen and oxygen atoms in total. The topological polar surface area (TPSA) is 56.1 Å². The molecule has 2 aliphatic rings. The molecule has 0 saturated carbocycles. The first-order valence-corrected chi connectivity index (χ1v) is 10.7. The fraction of sp³-hybridized carbons (Fsp3) is 0.714. The molecule has 1 aromatic heterocycles. The number of nitrogens with zero attached hydrogens (tertiary/aromatic N) is 2. The molecule has 26 heavy (non-hydrogen) atoms. The summed E-state index contributed by atoms with van der Waals surface area (Å²) in [5.41, 5.74) is 2.17. The predicted octanol–water partition coefficient (Wildman–Crippen LogP) is 4.44. The van der Waals surface area contributed by atoms with E-state index in [1.165, 1.54) is 10.4 Å². The van der Waals surface area contributed by atoms with E-state index >= 15 is 0 Å². The summed E-state index contributed by atoms with van der Waals surface area (Å²) in [6.07, 6.45) is 5.44. The largest absolute Gasteiger partial charge is 0.315 e. The normalized spacial score (nSPS) is 21.9. The number of hydrogen-bond acceptors (Lipinski definition) is 4. The van der Waals surface area contributed by atoms with Gasteiger partial charge in [-0.25, -0.2) is 0 Å². The Labute approximate surface area is 161 Å². The molecule has 3 rings (SSSR count). The first-order valence-electron chi connectivity index (χ1n) is 9.84. The summed E-state index contributed by atoms with van der Waals surface area (Å²) in [6, 6.07) is 2.35. The van der Waals surface area contributed by atoms with Crippen molar-refractivity contribution < 1.29 is 4.79 Å². The van der Waals surface area contributed by atoms with Crippen LogP contribution >= 0.6 is 11.3 Å². The zero-order valence-electron chi connectivity index (χ0n) is 16.5. The highest BCUT2D eigenvalue weighted by molar-refractivity contribution is 7.16. The molecule has 1 aliphatic carbocycles. The number of fused-ring (bicyclic) bond motifs is 1. The van der Waals surface area contributed by atoms with Gasteiger partial charge in [0.05, 0.1) is 12.1 Å². The van der Waals surface area contributed by atoms with Crippen LogP contribution in [0, 0.1) is 28.6 Å². The van der Waals surface area contributed by atoms with Crippen LogP contribution in [0.1, 0.15) is 63.0 Å². The van der Waals surface area contributed by atoms with Crippen molar-refractivity contribution in [3.05, 3.63) is 16.0 Å². The third-order valence-electron chi connectivity index (χ3n) is 6.10. The van der Waals surface area contributed by atoms with Crippen molar-refractivity contribution in [2.75, 3.05) is 25.0 Å². The minimum absolute atomic E-state index is 0.0158. The zero-order valence-corrected chi connectivity index (χ0v) is 17.3. The van der Waals surface area contributed by atoms with E-state index in [9.17, 15) is 10.1 Å². The van der Waals surface area contributed by atoms with E-state index in [0.29, 0.717) is 18.0 Å². The molecule has 0 bridgehead atoms. The Morgan fingerprint density at radius 1 is 1.31 bits per heavy atom. The van der Waals surface area contributed by atoms with E-state index in [1.807, 2.05) is 0 Å². The van der Waals surface area contributed by atoms with Crippen LogP contribution in [0.3, 0.4) is 0 Å². The highest BCUT2D eigenvalue weighted by atomic mass is 32.1. The molecule has 0 unspecified atom stereocenters. The van der Waals surface area contributed by atoms with Crippen molar-refractivity contribution in [1.29, 1.82) is 5.26 Å². The molecule has 0 spiro atoms. The number of hydrogen-bond donors (Lipinski definition) is 1. The van der Waals surface area contributed by atoms with Gasteiger partial charge in [-0.15, -0.1) is 11.3 Å². The summed E-state index contributed by atoms with van der Waals surface area (Å²) in [7, 11) is 0. The van der Waals surface area contributed by atoms with Crippen molar-refractivity contribution in [2.45, 2.75) is 59.8 Å². The molecule has 1 atom stereocenters. The summed E-state index contributed by atoms with van der Waals surface area (Å²) < 4.78 is 0. The molecular weight excluding hydrogens is 342 g/mol. The van der Waals surface area contributed by atoms with Crippen LogP contribution < -0.4 is 5.32 Å². The summed E-state index contributed by atoms with van der Waals surface area (Å²) in [5, 5.41) is 13.5. The van der Waals surface area contributed by atoms with E-state index in [-0.39, 0.29) is 11.3 Å². The van der Waals surface area contributed by atoms with Crippen LogP contribution in [0.25, 0.3) is 0 Å². The summed E-state index contributed by atoms with van der Waals surface area (Å²) in [4.78, 5) is 16.0. The standard InChI is InChI=1S/C21H31N3OS/c1-14-7-9-24(10-8-14)13-19(25)23-20-17(12-22)16-6-5-15(21(2,3)4)11-18(16)26-20/h14-15H,5-11,13H2,1-4H3,(H,23,25)/t15-/m0/s1. The summed E-state index contributed by atoms with van der Waals surface area (Å²) >= 11 is 1.62. The average molecular weight is 374 g/mol. The minimum Gasteiger partial charge on any atom is -0.315 e. The number of nitriles is 1. The maximum absolute atomic E-state index is 12.5. The molecule has 1 aliphatic heterocycles. The van der Waals surface area contributed by atoms with E-state index in [0.717, 1.165) is 56.1 Å². The Balaban J connectivity index is 1.68. The monoisotopic (exact) mass is 373 g/mol. The molecule has 1 N–H and O–H groups in total. The second-order valence-corrected chi connectivity index (χ2v) is 10.2. The summed E-state index contributed by atoms with van der Waals surface area (Å²) in [5.74, 6) is 1.42. The first-order chi connectivity index (χ1) is 12.3. The number of amides is 1. The van der Waals surface area contributed by atoms with Gasteiger partial charge in [0.25, 0.3) is 0 Å². The zero-order chi connectivity index (χ0) is 18.9. The van der Waals surface area contributed by atoms with Crippen molar-refractivity contribution in [3.63, 3.8) is 0 Å². The van der Waals surface area contributed by atoms with Gasteiger partial charge in [0.1, 0.15) is 11.1 Å². The van der Waals surface area contributed by atoms with Gasteiger partial charge in [-0.3, -0.25) is 9.69 Å². The lowest BCUT2D eigenvalue weighted by atomic mass is 9.72. The van der Waals surface area contributed by atoms with Gasteiger partial charge in [0.15, 0.2) is 0 Å². The number of carbonyl (C=O) groups excluding carboxylic acids is 1. The van der Waals surface area contributed by atoms with Crippen LogP contribution in [0.5, 0.6) is 0 Å². The number of thiophene rings is 1. The Kier molecular flexibility index (Phi) is 5.74. The number of anilines is 1. The van der Waals surface area contributed by atoms with Crippen molar-refractivity contribution >= 4 is 22.2 Å². The lowest BCUT2D eigenvalue weighted by Gasteiger charge is -2.33. The molecule has 142 valence electrons. The number of piperidine rings is 1. The average Bonchev–Trinajstić information content (AvgIpc) is 2.92. The molecule has 1 saturated heterocycles. The van der Waals surface area contributed by atoms with Gasteiger partial charge >= 0.3 is 0 Å². The van der Waals surface area contributed by atoms with E-state index in [1.54, 1.807) is 11.3 Å². The van der Waals surface area contributed by atoms with Gasteiger partial charge in [-0.2, -0.15) is 5.26 Å². The first kappa shape index (κ1) is 19.4. The number of carbonyl (C=O) groups is 1. The SMILES string of the molecule is CC1CCN(CC(=O)Nc2sc3c(c2C#N)CC[C@H](C(C)(C)C)C3)CC1. The lowest BCUT2D eigenvalue weighted by molar-refractivity contribution is -0.117. The Morgan fingerprint density at radius 2 is 2.00 bits per heavy atom. The maximum atomic E-state index is 12.5. The van der Waals surface area contributed by atoms with Crippen LogP contribution in [0.4, 0.5) is 5.00 Å². The maximum Gasteiger partial charge on any atom is 0.239 e. The van der Waals surface area contributed by atoms with E-state index in [4.69, 9.17) is 0 Å². The Morgan fingerprint density at radius 3 is 2.62 bits per heavy atom. The molecule has 1 amide bonds. The van der Waals surface area contributed by atoms with Crippen molar-refractivity contribution in [2.24, 2.45) is 17.3 Å². The lowest BCUT2D eigenvalue weighted by Crippen LogP contribution is -2.38. The second kappa shape index (κ2) is 7.70. The molecular formula is C21H31N3OS. The molecule has 1 aromatic rings. The predicted molar refractivity (Wildman–Crippen MR) is 107 cm³/mol. The highest BCUT2D eigenvalue weighted by Crippen LogP contribution is 2.43. The minimum atomic E-state index is 0.0158. The van der Waals surface area contributed by atoms with Crippen molar-refractivity contribution in [3.8, 4) is 6.07 Å². The second-order valence-electron chi connectivity index (χ2n) is 9.13. The van der Waals surface area contributed by atoms with Crippen LogP contribution in [-0.4, -0.2) is 30.4 Å². The summed E-state index contributed by atoms with van der Waals surface area (Å²) in [6.45, 7) is 11.6. The number of rotatable bonds is 3. The molecule has 0 radical (unpaired) electrons.